The smallest absolute Gasteiger partial charge is 0.338 e. The van der Waals surface area contributed by atoms with Gasteiger partial charge in [-0.15, -0.1) is 0 Å². The summed E-state index contributed by atoms with van der Waals surface area (Å²) in [4.78, 5) is 28.7. The molecule has 0 bridgehead atoms. The topological polar surface area (TPSA) is 80.3 Å². The lowest BCUT2D eigenvalue weighted by atomic mass is 10.2. The van der Waals surface area contributed by atoms with Crippen LogP contribution in [-0.2, 0) is 4.74 Å². The number of benzene rings is 2. The monoisotopic (exact) mass is 433 g/mol. The zero-order chi connectivity index (χ0) is 20.3. The van der Waals surface area contributed by atoms with Crippen LogP contribution in [0.5, 0.6) is 0 Å². The first kappa shape index (κ1) is 20.2. The Bertz CT molecular complexity index is 1070. The van der Waals surface area contributed by atoms with Crippen LogP contribution < -0.4 is 10.6 Å². The molecule has 1 heterocycles. The predicted molar refractivity (Wildman–Crippen MR) is 115 cm³/mol. The van der Waals surface area contributed by atoms with Crippen LogP contribution in [0.1, 0.15) is 34.6 Å². The summed E-state index contributed by atoms with van der Waals surface area (Å²) in [6, 6.07) is 11.8. The summed E-state index contributed by atoms with van der Waals surface area (Å²) in [7, 11) is 0. The number of thiazole rings is 1. The van der Waals surface area contributed by atoms with E-state index in [1.807, 2.05) is 0 Å². The third-order valence-electron chi connectivity index (χ3n) is 3.53. The number of carbonyl (C=O) groups is 2. The highest BCUT2D eigenvalue weighted by Gasteiger charge is 2.14. The summed E-state index contributed by atoms with van der Waals surface area (Å²) in [6.07, 6.45) is -0.194. The van der Waals surface area contributed by atoms with Crippen LogP contribution >= 0.6 is 35.2 Å². The number of halogens is 1. The molecule has 0 unspecified atom stereocenters. The molecule has 6 nitrogen and oxygen atoms in total. The van der Waals surface area contributed by atoms with Gasteiger partial charge >= 0.3 is 5.97 Å². The summed E-state index contributed by atoms with van der Waals surface area (Å²) < 4.78 is 6.00. The highest BCUT2D eigenvalue weighted by molar-refractivity contribution is 7.80. The molecule has 0 atom stereocenters. The minimum Gasteiger partial charge on any atom is -0.459 e. The van der Waals surface area contributed by atoms with Crippen molar-refractivity contribution in [1.82, 2.24) is 10.3 Å². The standard InChI is InChI=1S/C19H16ClN3O3S2/c1-10(2)26-17(25)11-7-8-14-15(9-11)28-19(21-14)23-18(27)22-16(24)12-5-3-4-6-13(12)20/h3-10H,1-2H3,(H2,21,22,23,24,27). The second-order valence-electron chi connectivity index (χ2n) is 6.04. The summed E-state index contributed by atoms with van der Waals surface area (Å²) >= 11 is 12.5. The number of amides is 1. The van der Waals surface area contributed by atoms with Gasteiger partial charge in [0.1, 0.15) is 0 Å². The fraction of sp³-hybridized carbons (Fsp3) is 0.158. The van der Waals surface area contributed by atoms with Crippen molar-refractivity contribution in [2.75, 3.05) is 5.32 Å². The molecule has 9 heteroatoms. The molecule has 144 valence electrons. The Labute approximate surface area is 175 Å². The van der Waals surface area contributed by atoms with Crippen molar-refractivity contribution in [3.05, 3.63) is 58.6 Å². The van der Waals surface area contributed by atoms with E-state index >= 15 is 0 Å². The van der Waals surface area contributed by atoms with E-state index in [0.717, 1.165) is 4.70 Å². The Morgan fingerprint density at radius 1 is 1.21 bits per heavy atom. The summed E-state index contributed by atoms with van der Waals surface area (Å²) in [5.74, 6) is -0.801. The van der Waals surface area contributed by atoms with E-state index < -0.39 is 5.91 Å². The number of ether oxygens (including phenoxy) is 1. The normalized spacial score (nSPS) is 10.7. The molecular formula is C19H16ClN3O3S2. The van der Waals surface area contributed by atoms with Gasteiger partial charge in [0.2, 0.25) is 0 Å². The largest absolute Gasteiger partial charge is 0.459 e. The summed E-state index contributed by atoms with van der Waals surface area (Å²) in [5, 5.41) is 6.38. The molecule has 0 saturated carbocycles. The third-order valence-corrected chi connectivity index (χ3v) is 5.00. The number of nitrogens with one attached hydrogen (secondary N) is 2. The zero-order valence-electron chi connectivity index (χ0n) is 15.0. The molecule has 2 aromatic carbocycles. The number of aromatic nitrogens is 1. The van der Waals surface area contributed by atoms with Gasteiger partial charge in [0.05, 0.1) is 32.5 Å². The predicted octanol–water partition coefficient (Wildman–Crippen LogP) is 4.64. The molecule has 0 saturated heterocycles. The Morgan fingerprint density at radius 2 is 1.96 bits per heavy atom. The van der Waals surface area contributed by atoms with Gasteiger partial charge in [-0.3, -0.25) is 10.1 Å². The number of nitrogens with zero attached hydrogens (tertiary/aromatic N) is 1. The molecule has 1 amide bonds. The number of carbonyl (C=O) groups excluding carboxylic acids is 2. The second kappa shape index (κ2) is 8.64. The number of fused-ring (bicyclic) bond motifs is 1. The Balaban J connectivity index is 1.70. The van der Waals surface area contributed by atoms with Gasteiger partial charge in [-0.2, -0.15) is 0 Å². The van der Waals surface area contributed by atoms with Crippen molar-refractivity contribution in [2.24, 2.45) is 0 Å². The van der Waals surface area contributed by atoms with E-state index in [1.165, 1.54) is 11.3 Å². The molecule has 0 aliphatic carbocycles. The lowest BCUT2D eigenvalue weighted by molar-refractivity contribution is 0.0378. The lowest BCUT2D eigenvalue weighted by Crippen LogP contribution is -2.34. The number of hydrogen-bond donors (Lipinski definition) is 2. The maximum absolute atomic E-state index is 12.3. The van der Waals surface area contributed by atoms with Crippen LogP contribution in [0.3, 0.4) is 0 Å². The van der Waals surface area contributed by atoms with E-state index in [2.05, 4.69) is 15.6 Å². The molecule has 0 spiro atoms. The van der Waals surface area contributed by atoms with Gasteiger partial charge in [-0.1, -0.05) is 35.1 Å². The number of thiocarbonyl (C=S) groups is 1. The lowest BCUT2D eigenvalue weighted by Gasteiger charge is -2.08. The second-order valence-corrected chi connectivity index (χ2v) is 7.89. The fourth-order valence-electron chi connectivity index (χ4n) is 2.33. The van der Waals surface area contributed by atoms with E-state index in [-0.39, 0.29) is 17.2 Å². The number of rotatable bonds is 4. The molecule has 3 aromatic rings. The number of hydrogen-bond acceptors (Lipinski definition) is 6. The summed E-state index contributed by atoms with van der Waals surface area (Å²) in [6.45, 7) is 3.59. The van der Waals surface area contributed by atoms with Crippen molar-refractivity contribution < 1.29 is 14.3 Å². The first-order valence-electron chi connectivity index (χ1n) is 8.32. The first-order valence-corrected chi connectivity index (χ1v) is 9.92. The van der Waals surface area contributed by atoms with E-state index in [1.54, 1.807) is 56.3 Å². The number of esters is 1. The first-order chi connectivity index (χ1) is 13.3. The Hall–Kier alpha value is -2.55. The molecular weight excluding hydrogens is 418 g/mol. The third kappa shape index (κ3) is 4.83. The van der Waals surface area contributed by atoms with E-state index in [4.69, 9.17) is 28.6 Å². The molecule has 3 rings (SSSR count). The van der Waals surface area contributed by atoms with Crippen LogP contribution in [0.15, 0.2) is 42.5 Å². The highest BCUT2D eigenvalue weighted by Crippen LogP contribution is 2.27. The molecule has 2 N–H and O–H groups in total. The highest BCUT2D eigenvalue weighted by atomic mass is 35.5. The molecule has 0 fully saturated rings. The minimum atomic E-state index is -0.414. The maximum Gasteiger partial charge on any atom is 0.338 e. The Kier molecular flexibility index (Phi) is 6.23. The van der Waals surface area contributed by atoms with Crippen molar-refractivity contribution in [1.29, 1.82) is 0 Å². The SMILES string of the molecule is CC(C)OC(=O)c1ccc2nc(NC(=S)NC(=O)c3ccccc3Cl)sc2c1. The molecule has 1 aromatic heterocycles. The van der Waals surface area contributed by atoms with Gasteiger partial charge in [-0.05, 0) is 56.4 Å². The Morgan fingerprint density at radius 3 is 2.68 bits per heavy atom. The van der Waals surface area contributed by atoms with Gasteiger partial charge in [0.25, 0.3) is 5.91 Å². The van der Waals surface area contributed by atoms with Crippen molar-refractivity contribution >= 4 is 67.5 Å². The molecule has 0 aliphatic rings. The van der Waals surface area contributed by atoms with Crippen molar-refractivity contribution in [3.63, 3.8) is 0 Å². The van der Waals surface area contributed by atoms with Crippen molar-refractivity contribution in [3.8, 4) is 0 Å². The van der Waals surface area contributed by atoms with Gasteiger partial charge < -0.3 is 10.1 Å². The zero-order valence-corrected chi connectivity index (χ0v) is 17.4. The van der Waals surface area contributed by atoms with Crippen LogP contribution in [0.2, 0.25) is 5.02 Å². The molecule has 0 radical (unpaired) electrons. The van der Waals surface area contributed by atoms with Gasteiger partial charge in [0, 0.05) is 0 Å². The molecule has 0 aliphatic heterocycles. The van der Waals surface area contributed by atoms with Crippen molar-refractivity contribution in [2.45, 2.75) is 20.0 Å². The van der Waals surface area contributed by atoms with Gasteiger partial charge in [0.15, 0.2) is 10.2 Å². The minimum absolute atomic E-state index is 0.100. The van der Waals surface area contributed by atoms with Crippen LogP contribution in [-0.4, -0.2) is 28.1 Å². The van der Waals surface area contributed by atoms with Gasteiger partial charge in [-0.25, -0.2) is 9.78 Å². The maximum atomic E-state index is 12.3. The molecule has 28 heavy (non-hydrogen) atoms. The number of anilines is 1. The average molecular weight is 434 g/mol. The van der Waals surface area contributed by atoms with E-state index in [0.29, 0.717) is 26.8 Å². The van der Waals surface area contributed by atoms with Crippen LogP contribution in [0, 0.1) is 0 Å². The average Bonchev–Trinajstić information content (AvgIpc) is 3.02. The van der Waals surface area contributed by atoms with Crippen LogP contribution in [0.25, 0.3) is 10.2 Å². The summed E-state index contributed by atoms with van der Waals surface area (Å²) in [5.41, 5.74) is 1.48. The van der Waals surface area contributed by atoms with Crippen LogP contribution in [0.4, 0.5) is 5.13 Å². The van der Waals surface area contributed by atoms with E-state index in [9.17, 15) is 9.59 Å². The fourth-order valence-corrected chi connectivity index (χ4v) is 3.72. The quantitative estimate of drug-likeness (QED) is 0.460.